The Bertz CT molecular complexity index is 454. The lowest BCUT2D eigenvalue weighted by Gasteiger charge is -2.22. The molecule has 1 aliphatic carbocycles. The molecule has 108 valence electrons. The van der Waals surface area contributed by atoms with Gasteiger partial charge in [0.25, 0.3) is 0 Å². The number of aromatic nitrogens is 1. The van der Waals surface area contributed by atoms with Gasteiger partial charge >= 0.3 is 0 Å². The summed E-state index contributed by atoms with van der Waals surface area (Å²) >= 11 is 0. The largest absolute Gasteiger partial charge is 0.370 e. The first-order chi connectivity index (χ1) is 9.74. The van der Waals surface area contributed by atoms with Crippen molar-refractivity contribution in [1.29, 1.82) is 0 Å². The van der Waals surface area contributed by atoms with E-state index in [-0.39, 0.29) is 18.4 Å². The number of hydrogen-bond donors (Lipinski definition) is 3. The molecule has 0 bridgehead atoms. The number of amides is 1. The van der Waals surface area contributed by atoms with Gasteiger partial charge in [-0.3, -0.25) is 4.79 Å². The molecular formula is C14H21N5O. The molecule has 0 spiro atoms. The highest BCUT2D eigenvalue weighted by Gasteiger charge is 2.15. The van der Waals surface area contributed by atoms with Crippen molar-refractivity contribution in [2.75, 3.05) is 11.9 Å². The summed E-state index contributed by atoms with van der Waals surface area (Å²) in [6.07, 6.45) is 7.44. The van der Waals surface area contributed by atoms with E-state index in [4.69, 9.17) is 5.73 Å². The van der Waals surface area contributed by atoms with Crippen LogP contribution < -0.4 is 16.4 Å². The summed E-state index contributed by atoms with van der Waals surface area (Å²) in [5, 5.41) is 5.83. The van der Waals surface area contributed by atoms with Crippen LogP contribution in [0.4, 0.5) is 5.82 Å². The number of carbonyl (C=O) groups excluding carboxylic acids is 1. The van der Waals surface area contributed by atoms with E-state index in [2.05, 4.69) is 20.6 Å². The van der Waals surface area contributed by atoms with Crippen molar-refractivity contribution in [3.05, 3.63) is 24.4 Å². The van der Waals surface area contributed by atoms with Crippen molar-refractivity contribution in [2.24, 2.45) is 10.7 Å². The van der Waals surface area contributed by atoms with Crippen LogP contribution in [-0.4, -0.2) is 29.4 Å². The zero-order valence-electron chi connectivity index (χ0n) is 11.5. The van der Waals surface area contributed by atoms with Gasteiger partial charge in [-0.1, -0.05) is 25.3 Å². The quantitative estimate of drug-likeness (QED) is 0.569. The van der Waals surface area contributed by atoms with Crippen LogP contribution in [0.1, 0.15) is 32.1 Å². The normalized spacial score (nSPS) is 16.7. The standard InChI is InChI=1S/C14H21N5O/c15-14(19-12-8-4-5-9-16-12)17-10-13(20)18-11-6-2-1-3-7-11/h4-5,8-9,11H,1-3,6-7,10H2,(H,18,20)(H3,15,16,17,19). The SMILES string of the molecule is NC(=NCC(=O)NC1CCCCC1)Nc1ccccn1. The van der Waals surface area contributed by atoms with Crippen molar-refractivity contribution in [3.8, 4) is 0 Å². The van der Waals surface area contributed by atoms with Crippen molar-refractivity contribution in [3.63, 3.8) is 0 Å². The van der Waals surface area contributed by atoms with Crippen LogP contribution in [0.2, 0.25) is 0 Å². The molecule has 1 fully saturated rings. The number of anilines is 1. The highest BCUT2D eigenvalue weighted by molar-refractivity contribution is 5.93. The third-order valence-corrected chi connectivity index (χ3v) is 3.28. The number of pyridine rings is 1. The molecule has 1 aromatic heterocycles. The van der Waals surface area contributed by atoms with Crippen molar-refractivity contribution < 1.29 is 4.79 Å². The number of nitrogens with one attached hydrogen (secondary N) is 2. The number of nitrogens with two attached hydrogens (primary N) is 1. The minimum absolute atomic E-state index is 0.0438. The maximum absolute atomic E-state index is 11.8. The first kappa shape index (κ1) is 14.3. The smallest absolute Gasteiger partial charge is 0.242 e. The molecule has 6 heteroatoms. The Hall–Kier alpha value is -2.11. The highest BCUT2D eigenvalue weighted by Crippen LogP contribution is 2.17. The number of carbonyl (C=O) groups is 1. The first-order valence-corrected chi connectivity index (χ1v) is 7.01. The molecule has 6 nitrogen and oxygen atoms in total. The molecule has 1 saturated carbocycles. The molecule has 4 N–H and O–H groups in total. The Morgan fingerprint density at radius 2 is 2.15 bits per heavy atom. The summed E-state index contributed by atoms with van der Waals surface area (Å²) < 4.78 is 0. The average molecular weight is 275 g/mol. The molecule has 0 aromatic carbocycles. The molecule has 1 amide bonds. The minimum atomic E-state index is -0.0809. The summed E-state index contributed by atoms with van der Waals surface area (Å²) in [5.41, 5.74) is 5.71. The molecule has 0 unspecified atom stereocenters. The number of rotatable bonds is 4. The number of hydrogen-bond acceptors (Lipinski definition) is 3. The molecule has 1 aromatic rings. The average Bonchev–Trinajstić information content (AvgIpc) is 2.47. The molecule has 20 heavy (non-hydrogen) atoms. The van der Waals surface area contributed by atoms with Crippen LogP contribution in [-0.2, 0) is 4.79 Å². The maximum atomic E-state index is 11.8. The Labute approximate surface area is 118 Å². The van der Waals surface area contributed by atoms with E-state index in [1.165, 1.54) is 19.3 Å². The molecule has 1 heterocycles. The lowest BCUT2D eigenvalue weighted by molar-refractivity contribution is -0.120. The van der Waals surface area contributed by atoms with Gasteiger partial charge < -0.3 is 16.4 Å². The molecule has 0 saturated heterocycles. The molecule has 0 radical (unpaired) electrons. The second-order valence-corrected chi connectivity index (χ2v) is 4.94. The number of guanidine groups is 1. The summed E-state index contributed by atoms with van der Waals surface area (Å²) in [7, 11) is 0. The Balaban J connectivity index is 1.74. The highest BCUT2D eigenvalue weighted by atomic mass is 16.1. The predicted octanol–water partition coefficient (Wildman–Crippen LogP) is 1.26. The predicted molar refractivity (Wildman–Crippen MR) is 79.4 cm³/mol. The first-order valence-electron chi connectivity index (χ1n) is 7.01. The lowest BCUT2D eigenvalue weighted by Crippen LogP contribution is -2.38. The topological polar surface area (TPSA) is 92.4 Å². The van der Waals surface area contributed by atoms with E-state index in [0.717, 1.165) is 12.8 Å². The van der Waals surface area contributed by atoms with Gasteiger partial charge in [0.15, 0.2) is 5.96 Å². The monoisotopic (exact) mass is 275 g/mol. The Morgan fingerprint density at radius 1 is 1.35 bits per heavy atom. The van der Waals surface area contributed by atoms with Crippen LogP contribution in [0.3, 0.4) is 0 Å². The van der Waals surface area contributed by atoms with Crippen molar-refractivity contribution in [1.82, 2.24) is 10.3 Å². The molecule has 1 aliphatic rings. The zero-order chi connectivity index (χ0) is 14.2. The number of nitrogens with zero attached hydrogens (tertiary/aromatic N) is 2. The van der Waals surface area contributed by atoms with Crippen molar-refractivity contribution >= 4 is 17.7 Å². The van der Waals surface area contributed by atoms with Gasteiger partial charge in [0.1, 0.15) is 12.4 Å². The summed E-state index contributed by atoms with van der Waals surface area (Å²) in [5.74, 6) is 0.728. The van der Waals surface area contributed by atoms with Crippen LogP contribution in [0.5, 0.6) is 0 Å². The van der Waals surface area contributed by atoms with Crippen LogP contribution >= 0.6 is 0 Å². The third kappa shape index (κ3) is 4.87. The summed E-state index contributed by atoms with van der Waals surface area (Å²) in [6, 6.07) is 5.75. The van der Waals surface area contributed by atoms with Crippen LogP contribution in [0.15, 0.2) is 29.4 Å². The fourth-order valence-corrected chi connectivity index (χ4v) is 2.28. The van der Waals surface area contributed by atoms with Gasteiger partial charge in [-0.2, -0.15) is 0 Å². The second-order valence-electron chi connectivity index (χ2n) is 4.94. The Morgan fingerprint density at radius 3 is 2.85 bits per heavy atom. The van der Waals surface area contributed by atoms with Crippen LogP contribution in [0.25, 0.3) is 0 Å². The van der Waals surface area contributed by atoms with E-state index in [1.54, 1.807) is 12.3 Å². The fourth-order valence-electron chi connectivity index (χ4n) is 2.28. The van der Waals surface area contributed by atoms with Crippen LogP contribution in [0, 0.1) is 0 Å². The van der Waals surface area contributed by atoms with E-state index in [9.17, 15) is 4.79 Å². The molecule has 0 atom stereocenters. The van der Waals surface area contributed by atoms with E-state index in [0.29, 0.717) is 11.9 Å². The zero-order valence-corrected chi connectivity index (χ0v) is 11.5. The maximum Gasteiger partial charge on any atom is 0.242 e. The number of aliphatic imine (C=N–C) groups is 1. The van der Waals surface area contributed by atoms with E-state index < -0.39 is 0 Å². The van der Waals surface area contributed by atoms with Gasteiger partial charge in [0.05, 0.1) is 0 Å². The lowest BCUT2D eigenvalue weighted by atomic mass is 9.95. The molecule has 2 rings (SSSR count). The van der Waals surface area contributed by atoms with Gasteiger partial charge in [-0.05, 0) is 25.0 Å². The van der Waals surface area contributed by atoms with Gasteiger partial charge in [0, 0.05) is 12.2 Å². The second kappa shape index (κ2) is 7.47. The van der Waals surface area contributed by atoms with Gasteiger partial charge in [-0.15, -0.1) is 0 Å². The summed E-state index contributed by atoms with van der Waals surface area (Å²) in [6.45, 7) is 0.0438. The molecule has 0 aliphatic heterocycles. The van der Waals surface area contributed by atoms with Crippen molar-refractivity contribution in [2.45, 2.75) is 38.1 Å². The van der Waals surface area contributed by atoms with E-state index >= 15 is 0 Å². The molecular weight excluding hydrogens is 254 g/mol. The van der Waals surface area contributed by atoms with E-state index in [1.807, 2.05) is 12.1 Å². The summed E-state index contributed by atoms with van der Waals surface area (Å²) in [4.78, 5) is 19.8. The minimum Gasteiger partial charge on any atom is -0.370 e. The van der Waals surface area contributed by atoms with Gasteiger partial charge in [-0.25, -0.2) is 9.98 Å². The Kier molecular flexibility index (Phi) is 5.34. The van der Waals surface area contributed by atoms with Gasteiger partial charge in [0.2, 0.25) is 5.91 Å². The third-order valence-electron chi connectivity index (χ3n) is 3.28. The fraction of sp³-hybridized carbons (Fsp3) is 0.500.